The third-order valence-corrected chi connectivity index (χ3v) is 5.89. The normalized spacial score (nSPS) is 10.7. The van der Waals surface area contributed by atoms with Crippen LogP contribution in [0.15, 0.2) is 96.0 Å². The number of hydrogen-bond donors (Lipinski definition) is 1. The fourth-order valence-corrected chi connectivity index (χ4v) is 3.96. The molecule has 4 nitrogen and oxygen atoms in total. The second-order valence-electron chi connectivity index (χ2n) is 7.24. The van der Waals surface area contributed by atoms with Crippen LogP contribution < -0.4 is 5.32 Å². The number of nitrogens with zero attached hydrogens (tertiary/aromatic N) is 2. The van der Waals surface area contributed by atoms with Crippen LogP contribution in [-0.4, -0.2) is 22.6 Å². The Morgan fingerprint density at radius 2 is 1.62 bits per heavy atom. The Balaban J connectivity index is 1.30. The summed E-state index contributed by atoms with van der Waals surface area (Å²) < 4.78 is 13.1. The van der Waals surface area contributed by atoms with Gasteiger partial charge in [-0.25, -0.2) is 4.39 Å². The molecule has 0 aliphatic rings. The Labute approximate surface area is 190 Å². The van der Waals surface area contributed by atoms with Crippen molar-refractivity contribution in [2.24, 2.45) is 0 Å². The minimum atomic E-state index is -0.277. The van der Waals surface area contributed by atoms with Crippen molar-refractivity contribution < 1.29 is 9.18 Å². The molecule has 1 aromatic heterocycles. The standard InChI is InChI=1S/C26H22FN3OS/c27-23-11-9-21(10-12-23)24-13-14-25(30-29-24)32-18-20-7-4-8-22(17-20)26(31)28-16-15-19-5-2-1-3-6-19/h1-14,17H,15-16,18H2,(H,28,31). The summed E-state index contributed by atoms with van der Waals surface area (Å²) in [5.41, 5.74) is 4.40. The zero-order valence-electron chi connectivity index (χ0n) is 17.4. The van der Waals surface area contributed by atoms with Crippen molar-refractivity contribution in [3.63, 3.8) is 0 Å². The monoisotopic (exact) mass is 443 g/mol. The quantitative estimate of drug-likeness (QED) is 0.363. The Kier molecular flexibility index (Phi) is 7.25. The van der Waals surface area contributed by atoms with Gasteiger partial charge in [-0.15, -0.1) is 10.2 Å². The number of hydrogen-bond acceptors (Lipinski definition) is 4. The van der Waals surface area contributed by atoms with Crippen molar-refractivity contribution >= 4 is 17.7 Å². The van der Waals surface area contributed by atoms with Crippen LogP contribution in [0.3, 0.4) is 0 Å². The lowest BCUT2D eigenvalue weighted by Crippen LogP contribution is -2.25. The highest BCUT2D eigenvalue weighted by Crippen LogP contribution is 2.23. The van der Waals surface area contributed by atoms with Crippen molar-refractivity contribution in [1.82, 2.24) is 15.5 Å². The average Bonchev–Trinajstić information content (AvgIpc) is 2.84. The van der Waals surface area contributed by atoms with E-state index in [9.17, 15) is 9.18 Å². The van der Waals surface area contributed by atoms with Crippen LogP contribution in [0.25, 0.3) is 11.3 Å². The minimum Gasteiger partial charge on any atom is -0.352 e. The molecule has 4 rings (SSSR count). The first-order valence-electron chi connectivity index (χ1n) is 10.3. The third-order valence-electron chi connectivity index (χ3n) is 4.90. The van der Waals surface area contributed by atoms with Gasteiger partial charge >= 0.3 is 0 Å². The molecule has 0 radical (unpaired) electrons. The maximum Gasteiger partial charge on any atom is 0.251 e. The molecule has 32 heavy (non-hydrogen) atoms. The molecule has 1 N–H and O–H groups in total. The van der Waals surface area contributed by atoms with Crippen LogP contribution in [0.4, 0.5) is 4.39 Å². The van der Waals surface area contributed by atoms with E-state index in [0.29, 0.717) is 23.6 Å². The first-order chi connectivity index (χ1) is 15.7. The fourth-order valence-electron chi connectivity index (χ4n) is 3.20. The smallest absolute Gasteiger partial charge is 0.251 e. The summed E-state index contributed by atoms with van der Waals surface area (Å²) in [5.74, 6) is 0.326. The highest BCUT2D eigenvalue weighted by molar-refractivity contribution is 7.98. The van der Waals surface area contributed by atoms with E-state index in [0.717, 1.165) is 22.6 Å². The van der Waals surface area contributed by atoms with Crippen LogP contribution in [0, 0.1) is 5.82 Å². The third kappa shape index (κ3) is 6.02. The number of benzene rings is 3. The summed E-state index contributed by atoms with van der Waals surface area (Å²) in [4.78, 5) is 12.5. The van der Waals surface area contributed by atoms with E-state index in [4.69, 9.17) is 0 Å². The predicted octanol–water partition coefficient (Wildman–Crippen LogP) is 5.55. The second-order valence-corrected chi connectivity index (χ2v) is 8.24. The van der Waals surface area contributed by atoms with Gasteiger partial charge in [0.2, 0.25) is 0 Å². The van der Waals surface area contributed by atoms with Gasteiger partial charge in [0.15, 0.2) is 0 Å². The topological polar surface area (TPSA) is 54.9 Å². The van der Waals surface area contributed by atoms with Gasteiger partial charge in [-0.2, -0.15) is 0 Å². The maximum absolute atomic E-state index is 13.1. The molecule has 1 amide bonds. The van der Waals surface area contributed by atoms with Crippen LogP contribution in [0.5, 0.6) is 0 Å². The molecule has 0 fully saturated rings. The first-order valence-corrected chi connectivity index (χ1v) is 11.3. The SMILES string of the molecule is O=C(NCCc1ccccc1)c1cccc(CSc2ccc(-c3ccc(F)cc3)nn2)c1. The fraction of sp³-hybridized carbons (Fsp3) is 0.115. The summed E-state index contributed by atoms with van der Waals surface area (Å²) in [7, 11) is 0. The second kappa shape index (κ2) is 10.7. The Morgan fingerprint density at radius 3 is 2.38 bits per heavy atom. The maximum atomic E-state index is 13.1. The van der Waals surface area contributed by atoms with Gasteiger partial charge in [-0.3, -0.25) is 4.79 Å². The minimum absolute atomic E-state index is 0.0729. The average molecular weight is 444 g/mol. The van der Waals surface area contributed by atoms with Gasteiger partial charge in [0.1, 0.15) is 10.8 Å². The number of carbonyl (C=O) groups is 1. The van der Waals surface area contributed by atoms with Crippen molar-refractivity contribution in [2.75, 3.05) is 6.54 Å². The number of amides is 1. The number of halogens is 1. The van der Waals surface area contributed by atoms with Crippen LogP contribution in [-0.2, 0) is 12.2 Å². The number of thioether (sulfide) groups is 1. The zero-order chi connectivity index (χ0) is 22.2. The van der Waals surface area contributed by atoms with Gasteiger partial charge in [0.25, 0.3) is 5.91 Å². The lowest BCUT2D eigenvalue weighted by molar-refractivity contribution is 0.0954. The van der Waals surface area contributed by atoms with Gasteiger partial charge in [0.05, 0.1) is 5.69 Å². The Hall–Kier alpha value is -3.51. The van der Waals surface area contributed by atoms with E-state index in [1.807, 2.05) is 54.6 Å². The highest BCUT2D eigenvalue weighted by Gasteiger charge is 2.07. The van der Waals surface area contributed by atoms with E-state index in [1.54, 1.807) is 23.9 Å². The molecule has 0 atom stereocenters. The molecule has 0 saturated carbocycles. The molecule has 6 heteroatoms. The molecular weight excluding hydrogens is 421 g/mol. The van der Waals surface area contributed by atoms with Gasteiger partial charge in [0, 0.05) is 23.4 Å². The van der Waals surface area contributed by atoms with E-state index in [-0.39, 0.29) is 11.7 Å². The summed E-state index contributed by atoms with van der Waals surface area (Å²) in [6, 6.07) is 27.7. The highest BCUT2D eigenvalue weighted by atomic mass is 32.2. The van der Waals surface area contributed by atoms with Crippen LogP contribution in [0.1, 0.15) is 21.5 Å². The molecule has 0 spiro atoms. The largest absolute Gasteiger partial charge is 0.352 e. The molecule has 4 aromatic rings. The predicted molar refractivity (Wildman–Crippen MR) is 126 cm³/mol. The van der Waals surface area contributed by atoms with E-state index in [1.165, 1.54) is 17.7 Å². The molecule has 0 bridgehead atoms. The van der Waals surface area contributed by atoms with Gasteiger partial charge < -0.3 is 5.32 Å². The van der Waals surface area contributed by atoms with Gasteiger partial charge in [-0.05, 0) is 66.1 Å². The van der Waals surface area contributed by atoms with E-state index in [2.05, 4.69) is 27.6 Å². The molecule has 3 aromatic carbocycles. The molecule has 0 saturated heterocycles. The van der Waals surface area contributed by atoms with E-state index < -0.39 is 0 Å². The summed E-state index contributed by atoms with van der Waals surface area (Å²) in [5, 5.41) is 12.3. The lowest BCUT2D eigenvalue weighted by atomic mass is 10.1. The van der Waals surface area contributed by atoms with E-state index >= 15 is 0 Å². The molecule has 0 unspecified atom stereocenters. The van der Waals surface area contributed by atoms with Crippen molar-refractivity contribution in [3.05, 3.63) is 114 Å². The Bertz CT molecular complexity index is 1170. The molecule has 0 aliphatic heterocycles. The molecular formula is C26H22FN3OS. The molecule has 0 aliphatic carbocycles. The first kappa shape index (κ1) is 21.7. The zero-order valence-corrected chi connectivity index (χ0v) is 18.2. The van der Waals surface area contributed by atoms with Gasteiger partial charge in [-0.1, -0.05) is 54.2 Å². The number of carbonyl (C=O) groups excluding carboxylic acids is 1. The summed E-state index contributed by atoms with van der Waals surface area (Å²) >= 11 is 1.55. The lowest BCUT2D eigenvalue weighted by Gasteiger charge is -2.07. The van der Waals surface area contributed by atoms with Crippen molar-refractivity contribution in [3.8, 4) is 11.3 Å². The number of rotatable bonds is 8. The summed E-state index contributed by atoms with van der Waals surface area (Å²) in [6.45, 7) is 0.595. The Morgan fingerprint density at radius 1 is 0.844 bits per heavy atom. The van der Waals surface area contributed by atoms with Crippen molar-refractivity contribution in [1.29, 1.82) is 0 Å². The molecule has 1 heterocycles. The molecule has 160 valence electrons. The van der Waals surface area contributed by atoms with Crippen LogP contribution in [0.2, 0.25) is 0 Å². The van der Waals surface area contributed by atoms with Crippen molar-refractivity contribution in [2.45, 2.75) is 17.2 Å². The number of aromatic nitrogens is 2. The van der Waals surface area contributed by atoms with Crippen LogP contribution >= 0.6 is 11.8 Å². The number of nitrogens with one attached hydrogen (secondary N) is 1. The summed E-state index contributed by atoms with van der Waals surface area (Å²) in [6.07, 6.45) is 0.800.